The maximum absolute atomic E-state index is 4.42. The Morgan fingerprint density at radius 3 is 2.93 bits per heavy atom. The molecule has 0 atom stereocenters. The van der Waals surface area contributed by atoms with E-state index >= 15 is 0 Å². The fraction of sp³-hybridized carbons (Fsp3) is 0.615. The second-order valence-corrected chi connectivity index (χ2v) is 3.79. The largest absolute Gasteiger partial charge is 0.338 e. The predicted octanol–water partition coefficient (Wildman–Crippen LogP) is 2.82. The SMILES string of the molecule is CC#CC/N=C(/C)N(C)C1=CCCCC1. The van der Waals surface area contributed by atoms with E-state index in [9.17, 15) is 0 Å². The maximum Gasteiger partial charge on any atom is 0.102 e. The number of aliphatic imine (C=N–C) groups is 1. The van der Waals surface area contributed by atoms with Gasteiger partial charge in [0.05, 0.1) is 0 Å². The summed E-state index contributed by atoms with van der Waals surface area (Å²) < 4.78 is 0. The molecule has 1 aliphatic carbocycles. The van der Waals surface area contributed by atoms with Crippen LogP contribution in [0.3, 0.4) is 0 Å². The van der Waals surface area contributed by atoms with Gasteiger partial charge in [-0.1, -0.05) is 12.0 Å². The van der Waals surface area contributed by atoms with Crippen LogP contribution in [0.2, 0.25) is 0 Å². The molecule has 2 nitrogen and oxygen atoms in total. The first-order chi connectivity index (χ1) is 7.25. The first-order valence-corrected chi connectivity index (χ1v) is 5.59. The Bertz CT molecular complexity index is 315. The Morgan fingerprint density at radius 2 is 2.33 bits per heavy atom. The summed E-state index contributed by atoms with van der Waals surface area (Å²) in [5.74, 6) is 6.87. The first kappa shape index (κ1) is 11.8. The molecular formula is C13H20N2. The molecule has 0 saturated carbocycles. The molecule has 0 heterocycles. The van der Waals surface area contributed by atoms with E-state index < -0.39 is 0 Å². The van der Waals surface area contributed by atoms with Gasteiger partial charge in [-0.15, -0.1) is 5.92 Å². The molecule has 1 rings (SSSR count). The van der Waals surface area contributed by atoms with E-state index in [4.69, 9.17) is 0 Å². The van der Waals surface area contributed by atoms with Crippen LogP contribution < -0.4 is 0 Å². The van der Waals surface area contributed by atoms with E-state index in [1.54, 1.807) is 0 Å². The maximum atomic E-state index is 4.42. The highest BCUT2D eigenvalue weighted by Gasteiger charge is 2.09. The van der Waals surface area contributed by atoms with Crippen molar-refractivity contribution < 1.29 is 0 Å². The molecule has 0 radical (unpaired) electrons. The van der Waals surface area contributed by atoms with E-state index in [0.29, 0.717) is 6.54 Å². The average Bonchev–Trinajstić information content (AvgIpc) is 2.29. The van der Waals surface area contributed by atoms with E-state index in [1.807, 2.05) is 13.8 Å². The van der Waals surface area contributed by atoms with Gasteiger partial charge in [0.1, 0.15) is 12.4 Å². The number of hydrogen-bond donors (Lipinski definition) is 0. The fourth-order valence-electron chi connectivity index (χ4n) is 1.67. The van der Waals surface area contributed by atoms with Crippen molar-refractivity contribution in [3.8, 4) is 11.8 Å². The molecule has 0 N–H and O–H groups in total. The minimum atomic E-state index is 0.611. The molecule has 0 spiro atoms. The van der Waals surface area contributed by atoms with Gasteiger partial charge < -0.3 is 4.90 Å². The van der Waals surface area contributed by atoms with Crippen LogP contribution in [0.15, 0.2) is 16.8 Å². The Labute approximate surface area is 93.1 Å². The molecule has 82 valence electrons. The van der Waals surface area contributed by atoms with Gasteiger partial charge in [-0.05, 0) is 39.5 Å². The van der Waals surface area contributed by atoms with Gasteiger partial charge >= 0.3 is 0 Å². The molecule has 0 saturated heterocycles. The number of hydrogen-bond acceptors (Lipinski definition) is 1. The van der Waals surface area contributed by atoms with Crippen LogP contribution in [0.4, 0.5) is 0 Å². The molecule has 2 heteroatoms. The third-order valence-electron chi connectivity index (χ3n) is 2.75. The van der Waals surface area contributed by atoms with Gasteiger partial charge in [-0.3, -0.25) is 4.99 Å². The zero-order valence-corrected chi connectivity index (χ0v) is 10.0. The molecule has 0 aromatic carbocycles. The van der Waals surface area contributed by atoms with Crippen molar-refractivity contribution in [1.29, 1.82) is 0 Å². The Balaban J connectivity index is 2.56. The van der Waals surface area contributed by atoms with Gasteiger partial charge in [0.2, 0.25) is 0 Å². The lowest BCUT2D eigenvalue weighted by Crippen LogP contribution is -2.24. The normalized spacial score (nSPS) is 16.5. The van der Waals surface area contributed by atoms with Crippen molar-refractivity contribution in [3.05, 3.63) is 11.8 Å². The lowest BCUT2D eigenvalue weighted by atomic mass is 10.0. The minimum Gasteiger partial charge on any atom is -0.338 e. The summed E-state index contributed by atoms with van der Waals surface area (Å²) in [6, 6.07) is 0. The van der Waals surface area contributed by atoms with Gasteiger partial charge in [0.15, 0.2) is 0 Å². The van der Waals surface area contributed by atoms with Crippen LogP contribution in [-0.2, 0) is 0 Å². The smallest absolute Gasteiger partial charge is 0.102 e. The zero-order chi connectivity index (χ0) is 11.1. The quantitative estimate of drug-likeness (QED) is 0.383. The lowest BCUT2D eigenvalue weighted by molar-refractivity contribution is 0.535. The number of allylic oxidation sites excluding steroid dienone is 2. The van der Waals surface area contributed by atoms with Gasteiger partial charge in [-0.2, -0.15) is 0 Å². The van der Waals surface area contributed by atoms with Gasteiger partial charge in [0, 0.05) is 12.7 Å². The summed E-state index contributed by atoms with van der Waals surface area (Å²) in [5.41, 5.74) is 1.41. The number of nitrogens with zero attached hydrogens (tertiary/aromatic N) is 2. The molecule has 0 unspecified atom stereocenters. The highest BCUT2D eigenvalue weighted by Crippen LogP contribution is 2.19. The Kier molecular flexibility index (Phi) is 4.97. The Hall–Kier alpha value is -1.23. The molecule has 15 heavy (non-hydrogen) atoms. The van der Waals surface area contributed by atoms with Crippen LogP contribution in [0.25, 0.3) is 0 Å². The van der Waals surface area contributed by atoms with Crippen molar-refractivity contribution in [2.75, 3.05) is 13.6 Å². The third-order valence-corrected chi connectivity index (χ3v) is 2.75. The second-order valence-electron chi connectivity index (χ2n) is 3.79. The highest BCUT2D eigenvalue weighted by atomic mass is 15.2. The van der Waals surface area contributed by atoms with Crippen LogP contribution in [0, 0.1) is 11.8 Å². The molecule has 1 aliphatic rings. The third kappa shape index (κ3) is 3.79. The van der Waals surface area contributed by atoms with E-state index in [-0.39, 0.29) is 0 Å². The van der Waals surface area contributed by atoms with Crippen LogP contribution in [0.1, 0.15) is 39.5 Å². The first-order valence-electron chi connectivity index (χ1n) is 5.59. The Morgan fingerprint density at radius 1 is 1.53 bits per heavy atom. The average molecular weight is 204 g/mol. The van der Waals surface area contributed by atoms with E-state index in [1.165, 1.54) is 31.4 Å². The minimum absolute atomic E-state index is 0.611. The summed E-state index contributed by atoms with van der Waals surface area (Å²) in [7, 11) is 2.09. The summed E-state index contributed by atoms with van der Waals surface area (Å²) in [4.78, 5) is 6.61. The van der Waals surface area contributed by atoms with E-state index in [0.717, 1.165) is 5.84 Å². The van der Waals surface area contributed by atoms with Crippen molar-refractivity contribution in [1.82, 2.24) is 4.90 Å². The summed E-state index contributed by atoms with van der Waals surface area (Å²) in [6.07, 6.45) is 7.35. The van der Waals surface area contributed by atoms with Crippen molar-refractivity contribution >= 4 is 5.84 Å². The summed E-state index contributed by atoms with van der Waals surface area (Å²) in [6.45, 7) is 4.50. The molecular weight excluding hydrogens is 184 g/mol. The van der Waals surface area contributed by atoms with Gasteiger partial charge in [0.25, 0.3) is 0 Å². The fourth-order valence-corrected chi connectivity index (χ4v) is 1.67. The lowest BCUT2D eigenvalue weighted by Gasteiger charge is -2.24. The monoisotopic (exact) mass is 204 g/mol. The topological polar surface area (TPSA) is 15.6 Å². The molecule has 0 aromatic rings. The number of amidine groups is 1. The van der Waals surface area contributed by atoms with Crippen molar-refractivity contribution in [2.45, 2.75) is 39.5 Å². The van der Waals surface area contributed by atoms with Crippen molar-refractivity contribution in [3.63, 3.8) is 0 Å². The van der Waals surface area contributed by atoms with Crippen LogP contribution >= 0.6 is 0 Å². The molecule has 0 aliphatic heterocycles. The molecule has 0 bridgehead atoms. The second kappa shape index (κ2) is 6.29. The molecule has 0 amide bonds. The summed E-state index contributed by atoms with van der Waals surface area (Å²) >= 11 is 0. The predicted molar refractivity (Wildman–Crippen MR) is 65.7 cm³/mol. The van der Waals surface area contributed by atoms with Crippen LogP contribution in [-0.4, -0.2) is 24.3 Å². The molecule has 0 fully saturated rings. The van der Waals surface area contributed by atoms with Crippen LogP contribution in [0.5, 0.6) is 0 Å². The number of rotatable bonds is 2. The highest BCUT2D eigenvalue weighted by molar-refractivity contribution is 5.81. The zero-order valence-electron chi connectivity index (χ0n) is 10.0. The molecule has 0 aromatic heterocycles. The standard InChI is InChI=1S/C13H20N2/c1-4-5-11-14-12(2)15(3)13-9-7-6-8-10-13/h9H,6-8,10-11H2,1-3H3/b14-12-. The van der Waals surface area contributed by atoms with E-state index in [2.05, 4.69) is 34.9 Å². The summed E-state index contributed by atoms with van der Waals surface area (Å²) in [5, 5.41) is 0. The van der Waals surface area contributed by atoms with Crippen molar-refractivity contribution in [2.24, 2.45) is 4.99 Å². The van der Waals surface area contributed by atoms with Gasteiger partial charge in [-0.25, -0.2) is 0 Å².